The van der Waals surface area contributed by atoms with Crippen LogP contribution in [0.1, 0.15) is 0 Å². The summed E-state index contributed by atoms with van der Waals surface area (Å²) in [6.07, 6.45) is 5.13. The van der Waals surface area contributed by atoms with Crippen LogP contribution in [0.2, 0.25) is 0 Å². The molecule has 0 bridgehead atoms. The minimum Gasteiger partial charge on any atom is -0.258 e. The number of nitro groups is 1. The van der Waals surface area contributed by atoms with Gasteiger partial charge in [0, 0.05) is 23.9 Å². The van der Waals surface area contributed by atoms with Crippen LogP contribution < -0.4 is 0 Å². The number of benzene rings is 2. The summed E-state index contributed by atoms with van der Waals surface area (Å²) in [5.41, 5.74) is 3.76. The van der Waals surface area contributed by atoms with Gasteiger partial charge in [-0.3, -0.25) is 15.1 Å². The summed E-state index contributed by atoms with van der Waals surface area (Å²) < 4.78 is 1.58. The van der Waals surface area contributed by atoms with E-state index in [1.54, 1.807) is 35.4 Å². The monoisotopic (exact) mass is 317 g/mol. The standard InChI is InChI=1S/C17H11N5O2/c23-22(24)14-5-3-4-13(8-14)21-11-12(9-19-21)17-10-18-15-6-1-2-7-16(15)20-17/h1-11H. The van der Waals surface area contributed by atoms with Gasteiger partial charge < -0.3 is 0 Å². The highest BCUT2D eigenvalue weighted by Crippen LogP contribution is 2.21. The van der Waals surface area contributed by atoms with Gasteiger partial charge in [-0.1, -0.05) is 18.2 Å². The van der Waals surface area contributed by atoms with E-state index in [4.69, 9.17) is 0 Å². The molecule has 0 atom stereocenters. The fraction of sp³-hybridized carbons (Fsp3) is 0. The van der Waals surface area contributed by atoms with Crippen LogP contribution in [0.3, 0.4) is 0 Å². The van der Waals surface area contributed by atoms with Crippen LogP contribution in [0.15, 0.2) is 67.1 Å². The molecule has 7 nitrogen and oxygen atoms in total. The molecule has 0 aliphatic rings. The minimum atomic E-state index is -0.428. The van der Waals surface area contributed by atoms with Gasteiger partial charge in [0.2, 0.25) is 0 Å². The zero-order chi connectivity index (χ0) is 16.5. The van der Waals surface area contributed by atoms with Crippen molar-refractivity contribution in [3.8, 4) is 16.9 Å². The predicted octanol–water partition coefficient (Wildman–Crippen LogP) is 3.39. The van der Waals surface area contributed by atoms with Gasteiger partial charge in [0.25, 0.3) is 5.69 Å². The number of nitrogens with zero attached hydrogens (tertiary/aromatic N) is 5. The molecular formula is C17H11N5O2. The van der Waals surface area contributed by atoms with Crippen molar-refractivity contribution in [1.29, 1.82) is 0 Å². The first-order valence-electron chi connectivity index (χ1n) is 7.22. The number of fused-ring (bicyclic) bond motifs is 1. The second-order valence-corrected chi connectivity index (χ2v) is 5.19. The molecule has 0 fully saturated rings. The largest absolute Gasteiger partial charge is 0.271 e. The summed E-state index contributed by atoms with van der Waals surface area (Å²) in [5.74, 6) is 0. The summed E-state index contributed by atoms with van der Waals surface area (Å²) >= 11 is 0. The van der Waals surface area contributed by atoms with Crippen LogP contribution in [0.5, 0.6) is 0 Å². The van der Waals surface area contributed by atoms with Crippen molar-refractivity contribution in [3.63, 3.8) is 0 Å². The number of non-ortho nitro benzene ring substituents is 1. The van der Waals surface area contributed by atoms with Crippen molar-refractivity contribution in [2.45, 2.75) is 0 Å². The molecule has 0 unspecified atom stereocenters. The third kappa shape index (κ3) is 2.48. The maximum absolute atomic E-state index is 10.9. The highest BCUT2D eigenvalue weighted by atomic mass is 16.6. The summed E-state index contributed by atoms with van der Waals surface area (Å²) in [6.45, 7) is 0. The minimum absolute atomic E-state index is 0.0232. The smallest absolute Gasteiger partial charge is 0.258 e. The highest BCUT2D eigenvalue weighted by Gasteiger charge is 2.10. The molecule has 7 heteroatoms. The Morgan fingerprint density at radius 3 is 2.67 bits per heavy atom. The van der Waals surface area contributed by atoms with Gasteiger partial charge in [0.05, 0.1) is 39.7 Å². The van der Waals surface area contributed by atoms with E-state index in [1.807, 2.05) is 24.3 Å². The van der Waals surface area contributed by atoms with Crippen molar-refractivity contribution < 1.29 is 4.92 Å². The lowest BCUT2D eigenvalue weighted by Crippen LogP contribution is -1.96. The van der Waals surface area contributed by atoms with Gasteiger partial charge in [-0.05, 0) is 18.2 Å². The van der Waals surface area contributed by atoms with Gasteiger partial charge in [0.15, 0.2) is 0 Å². The van der Waals surface area contributed by atoms with Crippen LogP contribution >= 0.6 is 0 Å². The molecule has 2 aromatic carbocycles. The Kier molecular flexibility index (Phi) is 3.24. The van der Waals surface area contributed by atoms with Gasteiger partial charge in [-0.2, -0.15) is 5.10 Å². The molecular weight excluding hydrogens is 306 g/mol. The number of hydrogen-bond acceptors (Lipinski definition) is 5. The van der Waals surface area contributed by atoms with Crippen molar-refractivity contribution in [2.24, 2.45) is 0 Å². The van der Waals surface area contributed by atoms with E-state index in [-0.39, 0.29) is 5.69 Å². The second kappa shape index (κ2) is 5.54. The van der Waals surface area contributed by atoms with Crippen molar-refractivity contribution in [3.05, 3.63) is 77.2 Å². The molecule has 4 rings (SSSR count). The second-order valence-electron chi connectivity index (χ2n) is 5.19. The summed E-state index contributed by atoms with van der Waals surface area (Å²) in [4.78, 5) is 19.4. The van der Waals surface area contributed by atoms with Gasteiger partial charge in [-0.15, -0.1) is 0 Å². The molecule has 0 spiro atoms. The molecule has 0 aliphatic carbocycles. The molecule has 0 saturated carbocycles. The first kappa shape index (κ1) is 14.0. The Labute approximate surface area is 136 Å². The van der Waals surface area contributed by atoms with Crippen molar-refractivity contribution in [2.75, 3.05) is 0 Å². The maximum Gasteiger partial charge on any atom is 0.271 e. The number of rotatable bonds is 3. The van der Waals surface area contributed by atoms with Crippen LogP contribution in [0.25, 0.3) is 28.0 Å². The predicted molar refractivity (Wildman–Crippen MR) is 88.8 cm³/mol. The molecule has 0 amide bonds. The normalized spacial score (nSPS) is 10.8. The number of para-hydroxylation sites is 2. The first-order chi connectivity index (χ1) is 11.7. The lowest BCUT2D eigenvalue weighted by atomic mass is 10.2. The average molecular weight is 317 g/mol. The van der Waals surface area contributed by atoms with Gasteiger partial charge in [0.1, 0.15) is 0 Å². The van der Waals surface area contributed by atoms with Crippen LogP contribution in [0.4, 0.5) is 5.69 Å². The number of aromatic nitrogens is 4. The van der Waals surface area contributed by atoms with Crippen LogP contribution in [-0.4, -0.2) is 24.7 Å². The van der Waals surface area contributed by atoms with E-state index in [0.29, 0.717) is 11.4 Å². The number of hydrogen-bond donors (Lipinski definition) is 0. The topological polar surface area (TPSA) is 86.7 Å². The van der Waals surface area contributed by atoms with E-state index in [0.717, 1.165) is 16.6 Å². The Bertz CT molecular complexity index is 1060. The third-order valence-corrected chi connectivity index (χ3v) is 3.63. The maximum atomic E-state index is 10.9. The lowest BCUT2D eigenvalue weighted by Gasteiger charge is -2.01. The van der Waals surface area contributed by atoms with Crippen LogP contribution in [-0.2, 0) is 0 Å². The Morgan fingerprint density at radius 2 is 1.83 bits per heavy atom. The van der Waals surface area contributed by atoms with E-state index in [1.165, 1.54) is 12.1 Å². The number of nitro benzene ring substituents is 1. The Hall–Kier alpha value is -3.61. The summed E-state index contributed by atoms with van der Waals surface area (Å²) in [7, 11) is 0. The van der Waals surface area contributed by atoms with E-state index >= 15 is 0 Å². The van der Waals surface area contributed by atoms with Gasteiger partial charge in [-0.25, -0.2) is 9.67 Å². The van der Waals surface area contributed by atoms with Crippen molar-refractivity contribution >= 4 is 16.7 Å². The van der Waals surface area contributed by atoms with E-state index in [2.05, 4.69) is 15.1 Å². The molecule has 2 heterocycles. The van der Waals surface area contributed by atoms with Crippen LogP contribution in [0, 0.1) is 10.1 Å². The van der Waals surface area contributed by atoms with Gasteiger partial charge >= 0.3 is 0 Å². The fourth-order valence-electron chi connectivity index (χ4n) is 2.44. The molecule has 116 valence electrons. The van der Waals surface area contributed by atoms with Crippen molar-refractivity contribution in [1.82, 2.24) is 19.7 Å². The molecule has 2 aromatic heterocycles. The Balaban J connectivity index is 1.73. The average Bonchev–Trinajstić information content (AvgIpc) is 3.11. The molecule has 0 N–H and O–H groups in total. The zero-order valence-corrected chi connectivity index (χ0v) is 12.4. The zero-order valence-electron chi connectivity index (χ0n) is 12.4. The molecule has 0 saturated heterocycles. The quantitative estimate of drug-likeness (QED) is 0.427. The molecule has 0 radical (unpaired) electrons. The SMILES string of the molecule is O=[N+]([O-])c1cccc(-n2cc(-c3cnc4ccccc4n3)cn2)c1. The Morgan fingerprint density at radius 1 is 1.00 bits per heavy atom. The highest BCUT2D eigenvalue weighted by molar-refractivity contribution is 5.76. The van der Waals surface area contributed by atoms with E-state index < -0.39 is 4.92 Å². The summed E-state index contributed by atoms with van der Waals surface area (Å²) in [5, 5.41) is 15.2. The third-order valence-electron chi connectivity index (χ3n) is 3.63. The molecule has 24 heavy (non-hydrogen) atoms. The lowest BCUT2D eigenvalue weighted by molar-refractivity contribution is -0.384. The molecule has 4 aromatic rings. The van der Waals surface area contributed by atoms with E-state index in [9.17, 15) is 10.1 Å². The molecule has 0 aliphatic heterocycles. The fourth-order valence-corrected chi connectivity index (χ4v) is 2.44. The first-order valence-corrected chi connectivity index (χ1v) is 7.22. The summed E-state index contributed by atoms with van der Waals surface area (Å²) in [6, 6.07) is 13.9.